The Morgan fingerprint density at radius 3 is 1.23 bits per heavy atom. The molecule has 0 amide bonds. The standard InChI is InChI=1S/C17H16S.2C5H5.2Fe/c1-3-8-16(14-9-4-5-10-14)17(13-18-2)15-11-6-7-12-15;2*1-2-4-5-3-1;;/h3-13H,1H2,2H3;2*1-5H;;/q;;;2*+2/b16-8-,17-13+;;;;. The van der Waals surface area contributed by atoms with Crippen LogP contribution >= 0.6 is 11.8 Å². The smallest absolute Gasteiger partial charge is 0.137 e. The molecule has 152 valence electrons. The Morgan fingerprint density at radius 2 is 0.933 bits per heavy atom. The summed E-state index contributed by atoms with van der Waals surface area (Å²) in [6.45, 7) is 3.82. The third-order valence-corrected chi connectivity index (χ3v) is 4.34. The second-order valence-electron chi connectivity index (χ2n) is 5.85. The van der Waals surface area contributed by atoms with Gasteiger partial charge in [0.05, 0.1) is 0 Å². The molecular weight excluding hydrogens is 468 g/mol. The molecule has 0 spiro atoms. The summed E-state index contributed by atoms with van der Waals surface area (Å²) in [4.78, 5) is 0. The molecule has 0 aromatic heterocycles. The van der Waals surface area contributed by atoms with Crippen molar-refractivity contribution in [2.75, 3.05) is 6.26 Å². The second-order valence-corrected chi connectivity index (χ2v) is 6.56. The van der Waals surface area contributed by atoms with Crippen LogP contribution in [0.4, 0.5) is 0 Å². The van der Waals surface area contributed by atoms with Gasteiger partial charge in [0, 0.05) is 11.8 Å². The van der Waals surface area contributed by atoms with Crippen LogP contribution < -0.4 is 0 Å². The van der Waals surface area contributed by atoms with Crippen molar-refractivity contribution >= 4 is 11.8 Å². The Labute approximate surface area is 213 Å². The molecule has 0 heterocycles. The summed E-state index contributed by atoms with van der Waals surface area (Å²) < 4.78 is 0. The average Bonchev–Trinajstić information content (AvgIpc) is 3.56. The van der Waals surface area contributed by atoms with Crippen molar-refractivity contribution in [2.24, 2.45) is 0 Å². The Hall–Kier alpha value is 0.609. The summed E-state index contributed by atoms with van der Waals surface area (Å²) in [7, 11) is 0. The summed E-state index contributed by atoms with van der Waals surface area (Å²) in [5.41, 5.74) is 2.47. The van der Waals surface area contributed by atoms with Gasteiger partial charge >= 0.3 is 34.1 Å². The van der Waals surface area contributed by atoms with E-state index in [1.807, 2.05) is 70.3 Å². The average molecular weight is 494 g/mol. The van der Waals surface area contributed by atoms with Crippen LogP contribution in [0, 0.1) is 127 Å². The molecule has 0 nitrogen and oxygen atoms in total. The Morgan fingerprint density at radius 1 is 0.600 bits per heavy atom. The van der Waals surface area contributed by atoms with Crippen molar-refractivity contribution in [2.45, 2.75) is 0 Å². The maximum atomic E-state index is 3.82. The molecule has 0 saturated heterocycles. The van der Waals surface area contributed by atoms with E-state index in [4.69, 9.17) is 0 Å². The van der Waals surface area contributed by atoms with E-state index in [-0.39, 0.29) is 34.1 Å². The van der Waals surface area contributed by atoms with Crippen LogP contribution in [-0.4, -0.2) is 6.26 Å². The molecule has 0 unspecified atom stereocenters. The van der Waals surface area contributed by atoms with Crippen LogP contribution in [0.3, 0.4) is 0 Å². The number of hydrogen-bond donors (Lipinski definition) is 0. The normalized spacial score (nSPS) is 22.3. The van der Waals surface area contributed by atoms with Crippen molar-refractivity contribution in [3.05, 3.63) is 163 Å². The van der Waals surface area contributed by atoms with E-state index in [0.29, 0.717) is 0 Å². The van der Waals surface area contributed by atoms with Crippen LogP contribution in [0.1, 0.15) is 0 Å². The van der Waals surface area contributed by atoms with Gasteiger partial charge in [-0.3, -0.25) is 0 Å². The molecule has 0 N–H and O–H groups in total. The van der Waals surface area contributed by atoms with Gasteiger partial charge in [-0.15, -0.1) is 11.8 Å². The fourth-order valence-corrected chi connectivity index (χ4v) is 3.11. The van der Waals surface area contributed by atoms with Gasteiger partial charge in [0.1, 0.15) is 0 Å². The Kier molecular flexibility index (Phi) is 20.6. The van der Waals surface area contributed by atoms with Gasteiger partial charge in [0.2, 0.25) is 0 Å². The zero-order chi connectivity index (χ0) is 19.9. The summed E-state index contributed by atoms with van der Waals surface area (Å²) in [5, 5.41) is 2.19. The van der Waals surface area contributed by atoms with Crippen molar-refractivity contribution in [3.8, 4) is 0 Å². The molecule has 0 atom stereocenters. The first-order valence-electron chi connectivity index (χ1n) is 9.20. The van der Waals surface area contributed by atoms with Crippen LogP contribution in [-0.2, 0) is 34.1 Å². The predicted octanol–water partition coefficient (Wildman–Crippen LogP) is 6.19. The number of allylic oxidation sites excluding steroid dienone is 4. The van der Waals surface area contributed by atoms with Crippen LogP contribution in [0.15, 0.2) is 35.3 Å². The van der Waals surface area contributed by atoms with Crippen molar-refractivity contribution < 1.29 is 34.1 Å². The fraction of sp³-hybridized carbons (Fsp3) is 0.0370. The molecular formula is C27H26Fe2S+4. The topological polar surface area (TPSA) is 0 Å². The number of hydrogen-bond acceptors (Lipinski definition) is 1. The SMILES string of the molecule is C=C/C=C([C]1[CH][CH][CH][CH]1)\C(=C\SC)[C]1[CH][CH][CH][CH]1.[CH]1[CH][CH][CH][CH]1.[CH]1[CH][CH][CH][CH]1.[Fe+2].[Fe+2]. The predicted molar refractivity (Wildman–Crippen MR) is 124 cm³/mol. The summed E-state index contributed by atoms with van der Waals surface area (Å²) in [6, 6.07) is 0. The molecule has 30 heavy (non-hydrogen) atoms. The third-order valence-electron chi connectivity index (χ3n) is 3.87. The van der Waals surface area contributed by atoms with Crippen LogP contribution in [0.2, 0.25) is 0 Å². The van der Waals surface area contributed by atoms with Gasteiger partial charge in [0.15, 0.2) is 0 Å². The van der Waals surface area contributed by atoms with E-state index < -0.39 is 0 Å². The third kappa shape index (κ3) is 12.0. The molecule has 0 aliphatic heterocycles. The van der Waals surface area contributed by atoms with Gasteiger partial charge in [-0.05, 0) is 138 Å². The van der Waals surface area contributed by atoms with Crippen molar-refractivity contribution in [3.63, 3.8) is 0 Å². The van der Waals surface area contributed by atoms with Gasteiger partial charge < -0.3 is 0 Å². The van der Waals surface area contributed by atoms with Crippen molar-refractivity contribution in [1.82, 2.24) is 0 Å². The maximum absolute atomic E-state index is 3.82. The van der Waals surface area contributed by atoms with Crippen molar-refractivity contribution in [1.29, 1.82) is 0 Å². The number of thioether (sulfide) groups is 1. The molecule has 4 aliphatic carbocycles. The van der Waals surface area contributed by atoms with E-state index in [1.54, 1.807) is 11.8 Å². The maximum Gasteiger partial charge on any atom is 2.00 e. The molecule has 4 saturated carbocycles. The zero-order valence-electron chi connectivity index (χ0n) is 16.9. The molecule has 3 heteroatoms. The quantitative estimate of drug-likeness (QED) is 0.325. The van der Waals surface area contributed by atoms with Gasteiger partial charge in [-0.2, -0.15) is 0 Å². The minimum atomic E-state index is 0. The van der Waals surface area contributed by atoms with E-state index in [9.17, 15) is 0 Å². The first kappa shape index (κ1) is 30.6. The minimum Gasteiger partial charge on any atom is -0.137 e. The first-order valence-corrected chi connectivity index (χ1v) is 10.5. The second kappa shape index (κ2) is 20.2. The van der Waals surface area contributed by atoms with E-state index in [1.165, 1.54) is 23.0 Å². The first-order chi connectivity index (χ1) is 13.9. The molecule has 0 bridgehead atoms. The van der Waals surface area contributed by atoms with Crippen LogP contribution in [0.25, 0.3) is 0 Å². The summed E-state index contributed by atoms with van der Waals surface area (Å²) >= 11 is 1.72. The molecule has 20 radical (unpaired) electrons. The van der Waals surface area contributed by atoms with Gasteiger partial charge in [0.25, 0.3) is 0 Å². The van der Waals surface area contributed by atoms with E-state index >= 15 is 0 Å². The largest absolute Gasteiger partial charge is 2.00 e. The molecule has 4 rings (SSSR count). The van der Waals surface area contributed by atoms with E-state index in [2.05, 4.69) is 75.7 Å². The van der Waals surface area contributed by atoms with Gasteiger partial charge in [-0.25, -0.2) is 0 Å². The Bertz CT molecular complexity index is 438. The molecule has 0 aromatic carbocycles. The summed E-state index contributed by atoms with van der Waals surface area (Å²) in [6.07, 6.45) is 42.8. The van der Waals surface area contributed by atoms with E-state index in [0.717, 1.165) is 0 Å². The fourth-order valence-electron chi connectivity index (χ4n) is 2.61. The number of rotatable bonds is 5. The Balaban J connectivity index is 0.000000575. The van der Waals surface area contributed by atoms with Gasteiger partial charge in [-0.1, -0.05) is 18.7 Å². The monoisotopic (exact) mass is 494 g/mol. The minimum absolute atomic E-state index is 0. The molecule has 4 aliphatic rings. The van der Waals surface area contributed by atoms with Crippen LogP contribution in [0.5, 0.6) is 0 Å². The summed E-state index contributed by atoms with van der Waals surface area (Å²) in [5.74, 6) is 2.48. The molecule has 4 fully saturated rings. The zero-order valence-corrected chi connectivity index (χ0v) is 20.0. The molecule has 0 aromatic rings.